The second kappa shape index (κ2) is 4.66. The smallest absolute Gasteiger partial charge is 0.0775 e. The fraction of sp³-hybridized carbons (Fsp3) is 0.818. The topological polar surface area (TPSA) is 20.2 Å². The van der Waals surface area contributed by atoms with E-state index in [-0.39, 0.29) is 6.10 Å². The molecule has 0 aromatic rings. The molecule has 0 aromatic carbocycles. The van der Waals surface area contributed by atoms with Gasteiger partial charge in [-0.3, -0.25) is 0 Å². The standard InChI is InChI=1S/C11H20O/c1-3-9(2)11(12)10-7-5-4-6-8-10/h7,9,11-12H,3-6,8H2,1-2H3/t9-,11?/m1/s1. The van der Waals surface area contributed by atoms with E-state index in [1.165, 1.54) is 24.8 Å². The van der Waals surface area contributed by atoms with Crippen molar-refractivity contribution in [3.8, 4) is 0 Å². The lowest BCUT2D eigenvalue weighted by atomic mass is 9.88. The highest BCUT2D eigenvalue weighted by molar-refractivity contribution is 5.11. The summed E-state index contributed by atoms with van der Waals surface area (Å²) in [5, 5.41) is 9.87. The van der Waals surface area contributed by atoms with Gasteiger partial charge in [-0.25, -0.2) is 0 Å². The summed E-state index contributed by atoms with van der Waals surface area (Å²) in [4.78, 5) is 0. The zero-order chi connectivity index (χ0) is 8.97. The van der Waals surface area contributed by atoms with Gasteiger partial charge in [-0.05, 0) is 37.2 Å². The molecule has 1 aliphatic carbocycles. The van der Waals surface area contributed by atoms with Gasteiger partial charge in [0.1, 0.15) is 0 Å². The highest BCUT2D eigenvalue weighted by atomic mass is 16.3. The van der Waals surface area contributed by atoms with E-state index >= 15 is 0 Å². The molecule has 1 unspecified atom stereocenters. The zero-order valence-corrected chi connectivity index (χ0v) is 8.21. The average molecular weight is 168 g/mol. The first-order valence-corrected chi connectivity index (χ1v) is 5.12. The molecule has 0 saturated carbocycles. The number of hydrogen-bond donors (Lipinski definition) is 1. The molecular formula is C11H20O. The van der Waals surface area contributed by atoms with Crippen molar-refractivity contribution in [3.63, 3.8) is 0 Å². The molecule has 1 N–H and O–H groups in total. The van der Waals surface area contributed by atoms with Crippen molar-refractivity contribution in [1.82, 2.24) is 0 Å². The molecule has 0 aliphatic heterocycles. The summed E-state index contributed by atoms with van der Waals surface area (Å²) >= 11 is 0. The first-order valence-electron chi connectivity index (χ1n) is 5.12. The molecule has 1 rings (SSSR count). The second-order valence-electron chi connectivity index (χ2n) is 3.86. The Balaban J connectivity index is 2.49. The molecule has 0 amide bonds. The summed E-state index contributed by atoms with van der Waals surface area (Å²) < 4.78 is 0. The predicted octanol–water partition coefficient (Wildman–Crippen LogP) is 2.89. The van der Waals surface area contributed by atoms with Crippen LogP contribution in [0, 0.1) is 5.92 Å². The van der Waals surface area contributed by atoms with Gasteiger partial charge in [0.2, 0.25) is 0 Å². The average Bonchev–Trinajstić information content (AvgIpc) is 2.17. The van der Waals surface area contributed by atoms with E-state index in [0.29, 0.717) is 5.92 Å². The minimum Gasteiger partial charge on any atom is -0.388 e. The minimum atomic E-state index is -0.171. The van der Waals surface area contributed by atoms with Gasteiger partial charge in [-0.1, -0.05) is 26.3 Å². The fourth-order valence-electron chi connectivity index (χ4n) is 1.72. The lowest BCUT2D eigenvalue weighted by Gasteiger charge is -2.23. The Kier molecular flexibility index (Phi) is 3.80. The molecule has 0 bridgehead atoms. The molecule has 1 nitrogen and oxygen atoms in total. The Morgan fingerprint density at radius 2 is 2.25 bits per heavy atom. The van der Waals surface area contributed by atoms with Crippen molar-refractivity contribution >= 4 is 0 Å². The van der Waals surface area contributed by atoms with Crippen molar-refractivity contribution in [2.45, 2.75) is 52.1 Å². The quantitative estimate of drug-likeness (QED) is 0.642. The molecule has 2 atom stereocenters. The normalized spacial score (nSPS) is 23.1. The van der Waals surface area contributed by atoms with Crippen LogP contribution in [-0.2, 0) is 0 Å². The van der Waals surface area contributed by atoms with Gasteiger partial charge in [-0.2, -0.15) is 0 Å². The van der Waals surface area contributed by atoms with Gasteiger partial charge in [0.25, 0.3) is 0 Å². The third kappa shape index (κ3) is 2.34. The Morgan fingerprint density at radius 3 is 2.75 bits per heavy atom. The van der Waals surface area contributed by atoms with Crippen molar-refractivity contribution in [2.24, 2.45) is 5.92 Å². The Bertz CT molecular complexity index is 160. The van der Waals surface area contributed by atoms with Crippen LogP contribution in [0.3, 0.4) is 0 Å². The third-order valence-corrected chi connectivity index (χ3v) is 2.89. The molecule has 12 heavy (non-hydrogen) atoms. The van der Waals surface area contributed by atoms with Gasteiger partial charge in [0.15, 0.2) is 0 Å². The van der Waals surface area contributed by atoms with E-state index in [0.717, 1.165) is 12.8 Å². The molecule has 0 spiro atoms. The second-order valence-corrected chi connectivity index (χ2v) is 3.86. The number of allylic oxidation sites excluding steroid dienone is 1. The number of aliphatic hydroxyl groups is 1. The van der Waals surface area contributed by atoms with E-state index in [9.17, 15) is 5.11 Å². The van der Waals surface area contributed by atoms with Crippen LogP contribution in [0.4, 0.5) is 0 Å². The van der Waals surface area contributed by atoms with Crippen LogP contribution in [0.1, 0.15) is 46.0 Å². The maximum absolute atomic E-state index is 9.87. The third-order valence-electron chi connectivity index (χ3n) is 2.89. The fourth-order valence-corrected chi connectivity index (χ4v) is 1.72. The number of hydrogen-bond acceptors (Lipinski definition) is 1. The van der Waals surface area contributed by atoms with E-state index < -0.39 is 0 Å². The summed E-state index contributed by atoms with van der Waals surface area (Å²) in [5.74, 6) is 0.425. The molecular weight excluding hydrogens is 148 g/mol. The van der Waals surface area contributed by atoms with E-state index in [4.69, 9.17) is 0 Å². The molecule has 1 aliphatic rings. The van der Waals surface area contributed by atoms with Crippen LogP contribution in [0.2, 0.25) is 0 Å². The molecule has 0 aromatic heterocycles. The first kappa shape index (κ1) is 9.79. The Hall–Kier alpha value is -0.300. The molecule has 0 saturated heterocycles. The lowest BCUT2D eigenvalue weighted by molar-refractivity contribution is 0.143. The lowest BCUT2D eigenvalue weighted by Crippen LogP contribution is -2.20. The summed E-state index contributed by atoms with van der Waals surface area (Å²) in [6.45, 7) is 4.26. The van der Waals surface area contributed by atoms with Crippen LogP contribution < -0.4 is 0 Å². The van der Waals surface area contributed by atoms with E-state index in [1.54, 1.807) is 0 Å². The Labute approximate surface area is 75.5 Å². The monoisotopic (exact) mass is 168 g/mol. The van der Waals surface area contributed by atoms with Crippen molar-refractivity contribution in [1.29, 1.82) is 0 Å². The summed E-state index contributed by atoms with van der Waals surface area (Å²) in [7, 11) is 0. The largest absolute Gasteiger partial charge is 0.388 e. The minimum absolute atomic E-state index is 0.171. The van der Waals surface area contributed by atoms with Crippen LogP contribution in [-0.4, -0.2) is 11.2 Å². The van der Waals surface area contributed by atoms with E-state index in [1.807, 2.05) is 0 Å². The van der Waals surface area contributed by atoms with Gasteiger partial charge in [0, 0.05) is 0 Å². The van der Waals surface area contributed by atoms with Crippen LogP contribution in [0.25, 0.3) is 0 Å². The van der Waals surface area contributed by atoms with E-state index in [2.05, 4.69) is 19.9 Å². The highest BCUT2D eigenvalue weighted by Crippen LogP contribution is 2.25. The summed E-state index contributed by atoms with van der Waals surface area (Å²) in [6.07, 6.45) is 7.98. The molecule has 0 radical (unpaired) electrons. The first-order chi connectivity index (χ1) is 5.75. The zero-order valence-electron chi connectivity index (χ0n) is 8.21. The van der Waals surface area contributed by atoms with Crippen LogP contribution in [0.15, 0.2) is 11.6 Å². The highest BCUT2D eigenvalue weighted by Gasteiger charge is 2.17. The molecule has 70 valence electrons. The van der Waals surface area contributed by atoms with Crippen molar-refractivity contribution < 1.29 is 5.11 Å². The van der Waals surface area contributed by atoms with Gasteiger partial charge >= 0.3 is 0 Å². The van der Waals surface area contributed by atoms with Crippen LogP contribution in [0.5, 0.6) is 0 Å². The Morgan fingerprint density at radius 1 is 1.50 bits per heavy atom. The predicted molar refractivity (Wildman–Crippen MR) is 52.0 cm³/mol. The number of rotatable bonds is 3. The number of aliphatic hydroxyl groups excluding tert-OH is 1. The molecule has 0 heterocycles. The van der Waals surface area contributed by atoms with Gasteiger partial charge in [-0.15, -0.1) is 0 Å². The summed E-state index contributed by atoms with van der Waals surface area (Å²) in [5.41, 5.74) is 1.29. The summed E-state index contributed by atoms with van der Waals surface area (Å²) in [6, 6.07) is 0. The maximum atomic E-state index is 9.87. The van der Waals surface area contributed by atoms with Gasteiger partial charge in [0.05, 0.1) is 6.10 Å². The van der Waals surface area contributed by atoms with Crippen LogP contribution >= 0.6 is 0 Å². The molecule has 1 heteroatoms. The van der Waals surface area contributed by atoms with Gasteiger partial charge < -0.3 is 5.11 Å². The van der Waals surface area contributed by atoms with Crippen molar-refractivity contribution in [3.05, 3.63) is 11.6 Å². The molecule has 0 fully saturated rings. The SMILES string of the molecule is CC[C@@H](C)C(O)C1=CCCCC1. The van der Waals surface area contributed by atoms with Crippen molar-refractivity contribution in [2.75, 3.05) is 0 Å². The maximum Gasteiger partial charge on any atom is 0.0775 e.